The van der Waals surface area contributed by atoms with Crippen LogP contribution in [0, 0.1) is 0 Å². The Balaban J connectivity index is 2.12. The first-order chi connectivity index (χ1) is 12.7. The van der Waals surface area contributed by atoms with Gasteiger partial charge in [-0.1, -0.05) is 64.2 Å². The number of hydrogen-bond donors (Lipinski definition) is 0. The summed E-state index contributed by atoms with van der Waals surface area (Å²) in [5.74, 6) is 0.252. The zero-order valence-electron chi connectivity index (χ0n) is 16.4. The molecule has 0 aromatic heterocycles. The monoisotopic (exact) mass is 362 g/mol. The smallest absolute Gasteiger partial charge is 0.311 e. The molecule has 0 bridgehead atoms. The molecule has 1 aromatic rings. The lowest BCUT2D eigenvalue weighted by Gasteiger charge is -2.09. The molecule has 0 aliphatic heterocycles. The predicted octanol–water partition coefficient (Wildman–Crippen LogP) is 5.62. The third kappa shape index (κ3) is 10.2. The van der Waals surface area contributed by atoms with Crippen molar-refractivity contribution in [3.63, 3.8) is 0 Å². The molecule has 0 saturated carbocycles. The highest BCUT2D eigenvalue weighted by molar-refractivity contribution is 5.73. The zero-order chi connectivity index (χ0) is 19.0. The first kappa shape index (κ1) is 22.2. The van der Waals surface area contributed by atoms with E-state index in [1.54, 1.807) is 0 Å². The van der Waals surface area contributed by atoms with Gasteiger partial charge in [0.2, 0.25) is 0 Å². The van der Waals surface area contributed by atoms with Gasteiger partial charge in [-0.2, -0.15) is 0 Å². The Kier molecular flexibility index (Phi) is 12.2. The molecule has 0 aliphatic rings. The summed E-state index contributed by atoms with van der Waals surface area (Å²) in [4.78, 5) is 23.6. The van der Waals surface area contributed by atoms with Crippen LogP contribution >= 0.6 is 0 Å². The fraction of sp³-hybridized carbons (Fsp3) is 0.636. The van der Waals surface area contributed by atoms with Crippen molar-refractivity contribution in [2.75, 3.05) is 6.61 Å². The summed E-state index contributed by atoms with van der Waals surface area (Å²) in [6.45, 7) is 4.79. The molecule has 1 rings (SSSR count). The summed E-state index contributed by atoms with van der Waals surface area (Å²) in [7, 11) is 0. The maximum Gasteiger partial charge on any atom is 0.311 e. The molecule has 0 spiro atoms. The van der Waals surface area contributed by atoms with E-state index >= 15 is 0 Å². The van der Waals surface area contributed by atoms with Crippen molar-refractivity contribution in [1.82, 2.24) is 0 Å². The molecular weight excluding hydrogens is 328 g/mol. The molecule has 0 N–H and O–H groups in total. The molecule has 0 radical (unpaired) electrons. The van der Waals surface area contributed by atoms with Gasteiger partial charge < -0.3 is 9.47 Å². The number of carbonyl (C=O) groups is 2. The van der Waals surface area contributed by atoms with Crippen molar-refractivity contribution in [2.45, 2.75) is 84.5 Å². The average Bonchev–Trinajstić information content (AvgIpc) is 2.63. The molecule has 0 heterocycles. The van der Waals surface area contributed by atoms with Gasteiger partial charge in [-0.25, -0.2) is 0 Å². The molecule has 26 heavy (non-hydrogen) atoms. The van der Waals surface area contributed by atoms with Crippen LogP contribution in [0.15, 0.2) is 24.3 Å². The van der Waals surface area contributed by atoms with Gasteiger partial charge in [0.15, 0.2) is 0 Å². The Morgan fingerprint density at radius 1 is 0.808 bits per heavy atom. The lowest BCUT2D eigenvalue weighted by Crippen LogP contribution is -2.10. The van der Waals surface area contributed by atoms with Crippen LogP contribution < -0.4 is 4.74 Å². The fourth-order valence-corrected chi connectivity index (χ4v) is 2.76. The first-order valence-corrected chi connectivity index (χ1v) is 10.1. The van der Waals surface area contributed by atoms with Crippen molar-refractivity contribution in [3.05, 3.63) is 29.8 Å². The quantitative estimate of drug-likeness (QED) is 0.245. The molecule has 0 saturated heterocycles. The largest absolute Gasteiger partial charge is 0.466 e. The third-order valence-corrected chi connectivity index (χ3v) is 4.24. The Hall–Kier alpha value is -1.84. The van der Waals surface area contributed by atoms with Crippen molar-refractivity contribution < 1.29 is 19.1 Å². The number of unbranched alkanes of at least 4 members (excludes halogenated alkanes) is 5. The minimum atomic E-state index is -0.238. The van der Waals surface area contributed by atoms with Crippen LogP contribution in [0.3, 0.4) is 0 Å². The van der Waals surface area contributed by atoms with E-state index in [2.05, 4.69) is 13.8 Å². The minimum absolute atomic E-state index is 0.165. The number of para-hydroxylation sites is 1. The SMILES string of the molecule is CCCCCCCOC(=O)CCCCC(=O)Oc1ccccc1CCC. The predicted molar refractivity (Wildman–Crippen MR) is 104 cm³/mol. The van der Waals surface area contributed by atoms with Gasteiger partial charge in [0.25, 0.3) is 0 Å². The van der Waals surface area contributed by atoms with Crippen LogP contribution in [-0.2, 0) is 20.7 Å². The van der Waals surface area contributed by atoms with E-state index in [4.69, 9.17) is 9.47 Å². The normalized spacial score (nSPS) is 10.5. The second-order valence-corrected chi connectivity index (χ2v) is 6.67. The van der Waals surface area contributed by atoms with Gasteiger partial charge in [-0.05, 0) is 37.3 Å². The van der Waals surface area contributed by atoms with Gasteiger partial charge in [-0.3, -0.25) is 9.59 Å². The second-order valence-electron chi connectivity index (χ2n) is 6.67. The Morgan fingerprint density at radius 2 is 1.50 bits per heavy atom. The van der Waals surface area contributed by atoms with Gasteiger partial charge in [0.05, 0.1) is 6.61 Å². The summed E-state index contributed by atoms with van der Waals surface area (Å²) in [5.41, 5.74) is 1.06. The van der Waals surface area contributed by atoms with Crippen LogP contribution in [0.1, 0.15) is 83.6 Å². The van der Waals surface area contributed by atoms with E-state index in [-0.39, 0.29) is 11.9 Å². The summed E-state index contributed by atoms with van der Waals surface area (Å²) >= 11 is 0. The van der Waals surface area contributed by atoms with E-state index in [1.165, 1.54) is 19.3 Å². The van der Waals surface area contributed by atoms with Crippen LogP contribution in [-0.4, -0.2) is 18.5 Å². The van der Waals surface area contributed by atoms with Crippen LogP contribution in [0.25, 0.3) is 0 Å². The molecule has 0 unspecified atom stereocenters. The highest BCUT2D eigenvalue weighted by Crippen LogP contribution is 2.20. The van der Waals surface area contributed by atoms with Crippen molar-refractivity contribution in [2.24, 2.45) is 0 Å². The maximum atomic E-state index is 12.0. The summed E-state index contributed by atoms with van der Waals surface area (Å²) in [6.07, 6.45) is 9.61. The van der Waals surface area contributed by atoms with Crippen molar-refractivity contribution >= 4 is 11.9 Å². The van der Waals surface area contributed by atoms with Gasteiger partial charge in [0.1, 0.15) is 5.75 Å². The van der Waals surface area contributed by atoms with E-state index in [1.807, 2.05) is 24.3 Å². The summed E-state index contributed by atoms with van der Waals surface area (Å²) < 4.78 is 10.7. The Labute approximate surface area is 158 Å². The molecule has 0 amide bonds. The van der Waals surface area contributed by atoms with Gasteiger partial charge in [0, 0.05) is 12.8 Å². The molecule has 1 aromatic carbocycles. The average molecular weight is 363 g/mol. The molecule has 4 nitrogen and oxygen atoms in total. The molecule has 146 valence electrons. The highest BCUT2D eigenvalue weighted by atomic mass is 16.5. The van der Waals surface area contributed by atoms with E-state index in [9.17, 15) is 9.59 Å². The van der Waals surface area contributed by atoms with Crippen molar-refractivity contribution in [3.8, 4) is 5.75 Å². The molecule has 0 fully saturated rings. The first-order valence-electron chi connectivity index (χ1n) is 10.1. The topological polar surface area (TPSA) is 52.6 Å². The van der Waals surface area contributed by atoms with Crippen LogP contribution in [0.5, 0.6) is 5.75 Å². The molecule has 0 atom stereocenters. The van der Waals surface area contributed by atoms with Crippen molar-refractivity contribution in [1.29, 1.82) is 0 Å². The van der Waals surface area contributed by atoms with Gasteiger partial charge in [-0.15, -0.1) is 0 Å². The van der Waals surface area contributed by atoms with Gasteiger partial charge >= 0.3 is 11.9 Å². The number of ether oxygens (including phenoxy) is 2. The number of hydrogen-bond acceptors (Lipinski definition) is 4. The summed E-state index contributed by atoms with van der Waals surface area (Å²) in [6, 6.07) is 7.66. The summed E-state index contributed by atoms with van der Waals surface area (Å²) in [5, 5.41) is 0. The maximum absolute atomic E-state index is 12.0. The Morgan fingerprint density at radius 3 is 2.23 bits per heavy atom. The van der Waals surface area contributed by atoms with E-state index in [0.717, 1.165) is 31.2 Å². The zero-order valence-corrected chi connectivity index (χ0v) is 16.4. The number of aryl methyl sites for hydroxylation is 1. The number of rotatable bonds is 14. The highest BCUT2D eigenvalue weighted by Gasteiger charge is 2.09. The molecule has 4 heteroatoms. The van der Waals surface area contributed by atoms with E-state index in [0.29, 0.717) is 38.0 Å². The molecular formula is C22H34O4. The molecule has 0 aliphatic carbocycles. The van der Waals surface area contributed by atoms with Crippen LogP contribution in [0.2, 0.25) is 0 Å². The van der Waals surface area contributed by atoms with Crippen LogP contribution in [0.4, 0.5) is 0 Å². The fourth-order valence-electron chi connectivity index (χ4n) is 2.76. The second kappa shape index (κ2) is 14.3. The lowest BCUT2D eigenvalue weighted by atomic mass is 10.1. The third-order valence-electron chi connectivity index (χ3n) is 4.24. The number of esters is 2. The lowest BCUT2D eigenvalue weighted by molar-refractivity contribution is -0.144. The number of carbonyl (C=O) groups excluding carboxylic acids is 2. The van der Waals surface area contributed by atoms with E-state index < -0.39 is 0 Å². The standard InChI is InChI=1S/C22H34O4/c1-3-5-6-7-12-18-25-21(23)16-10-11-17-22(24)26-20-15-9-8-14-19(20)13-4-2/h8-9,14-15H,3-7,10-13,16-18H2,1-2H3. The Bertz CT molecular complexity index is 525. The minimum Gasteiger partial charge on any atom is -0.466 e. The number of benzene rings is 1.